The largest absolute Gasteiger partial charge is 0.456 e. The van der Waals surface area contributed by atoms with Crippen molar-refractivity contribution in [3.8, 4) is 0 Å². The van der Waals surface area contributed by atoms with Gasteiger partial charge in [-0.1, -0.05) is 61.1 Å². The maximum atomic E-state index is 12.6. The van der Waals surface area contributed by atoms with E-state index in [1.54, 1.807) is 18.2 Å². The molecule has 0 saturated carbocycles. The molecule has 1 saturated heterocycles. The minimum Gasteiger partial charge on any atom is -0.456 e. The summed E-state index contributed by atoms with van der Waals surface area (Å²) in [5, 5.41) is 21.7. The Hall–Kier alpha value is -2.03. The number of rotatable bonds is 3. The van der Waals surface area contributed by atoms with Crippen molar-refractivity contribution >= 4 is 5.97 Å². The minimum atomic E-state index is -1.04. The third kappa shape index (κ3) is 8.76. The monoisotopic (exact) mass is 514 g/mol. The van der Waals surface area contributed by atoms with Crippen LogP contribution >= 0.6 is 0 Å². The fourth-order valence-electron chi connectivity index (χ4n) is 5.42. The van der Waals surface area contributed by atoms with E-state index in [0.717, 1.165) is 31.3 Å². The maximum Gasteiger partial charge on any atom is 0.330 e. The predicted molar refractivity (Wildman–Crippen MR) is 141 cm³/mol. The zero-order valence-corrected chi connectivity index (χ0v) is 22.0. The van der Waals surface area contributed by atoms with Gasteiger partial charge in [0.25, 0.3) is 0 Å². The Balaban J connectivity index is 1.45. The molecule has 2 bridgehead atoms. The molecule has 0 aliphatic carbocycles. The average Bonchev–Trinajstić information content (AvgIpc) is 3.61. The van der Waals surface area contributed by atoms with Crippen molar-refractivity contribution in [1.29, 1.82) is 0 Å². The first-order valence-electron chi connectivity index (χ1n) is 13.6. The Morgan fingerprint density at radius 2 is 2.00 bits per heavy atom. The second-order valence-corrected chi connectivity index (χ2v) is 11.0. The number of epoxide rings is 1. The van der Waals surface area contributed by atoms with Gasteiger partial charge in [-0.2, -0.15) is 0 Å². The van der Waals surface area contributed by atoms with E-state index in [1.807, 2.05) is 12.2 Å². The molecule has 204 valence electrons. The van der Waals surface area contributed by atoms with E-state index in [9.17, 15) is 15.0 Å². The zero-order chi connectivity index (χ0) is 26.4. The highest BCUT2D eigenvalue weighted by molar-refractivity contribution is 5.82. The Labute approximate surface area is 220 Å². The minimum absolute atomic E-state index is 0.0872. The van der Waals surface area contributed by atoms with Crippen LogP contribution in [0.5, 0.6) is 0 Å². The molecule has 9 atom stereocenters. The smallest absolute Gasteiger partial charge is 0.330 e. The van der Waals surface area contributed by atoms with Crippen LogP contribution in [0.3, 0.4) is 0 Å². The molecule has 0 radical (unpaired) electrons. The van der Waals surface area contributed by atoms with Crippen molar-refractivity contribution in [2.75, 3.05) is 6.61 Å². The lowest BCUT2D eigenvalue weighted by Gasteiger charge is -2.28. The number of cyclic esters (lactones) is 1. The van der Waals surface area contributed by atoms with Gasteiger partial charge in [-0.25, -0.2) is 4.79 Å². The van der Waals surface area contributed by atoms with Crippen molar-refractivity contribution in [3.05, 3.63) is 60.3 Å². The highest BCUT2D eigenvalue weighted by Crippen LogP contribution is 2.34. The topological polar surface area (TPSA) is 97.8 Å². The van der Waals surface area contributed by atoms with Crippen LogP contribution < -0.4 is 0 Å². The molecule has 0 aromatic rings. The van der Waals surface area contributed by atoms with E-state index in [2.05, 4.69) is 26.5 Å². The van der Waals surface area contributed by atoms with Gasteiger partial charge in [-0.15, -0.1) is 0 Å². The van der Waals surface area contributed by atoms with Crippen LogP contribution in [0.4, 0.5) is 0 Å². The number of hydrogen-bond acceptors (Lipinski definition) is 7. The molecule has 0 spiro atoms. The third-order valence-electron chi connectivity index (χ3n) is 7.41. The lowest BCUT2D eigenvalue weighted by molar-refractivity contribution is -0.148. The van der Waals surface area contributed by atoms with Gasteiger partial charge in [0.2, 0.25) is 0 Å². The second-order valence-electron chi connectivity index (χ2n) is 11.0. The molecule has 4 heterocycles. The molecule has 37 heavy (non-hydrogen) atoms. The van der Waals surface area contributed by atoms with Gasteiger partial charge in [0, 0.05) is 12.5 Å². The van der Waals surface area contributed by atoms with E-state index in [1.165, 1.54) is 11.6 Å². The molecule has 0 aromatic carbocycles. The number of carbonyl (C=O) groups excluding carboxylic acids is 1. The Morgan fingerprint density at radius 1 is 1.16 bits per heavy atom. The summed E-state index contributed by atoms with van der Waals surface area (Å²) in [6.07, 6.45) is 14.2. The average molecular weight is 515 g/mol. The van der Waals surface area contributed by atoms with Crippen LogP contribution in [0.25, 0.3) is 0 Å². The van der Waals surface area contributed by atoms with Crippen molar-refractivity contribution in [1.82, 2.24) is 0 Å². The van der Waals surface area contributed by atoms with Crippen molar-refractivity contribution in [2.24, 2.45) is 5.92 Å². The van der Waals surface area contributed by atoms with E-state index in [-0.39, 0.29) is 36.9 Å². The van der Waals surface area contributed by atoms with Gasteiger partial charge in [0.15, 0.2) is 0 Å². The highest BCUT2D eigenvalue weighted by Gasteiger charge is 2.46. The van der Waals surface area contributed by atoms with Gasteiger partial charge in [-0.3, -0.25) is 0 Å². The van der Waals surface area contributed by atoms with Crippen LogP contribution in [-0.4, -0.2) is 71.6 Å². The highest BCUT2D eigenvalue weighted by atomic mass is 16.6. The van der Waals surface area contributed by atoms with Gasteiger partial charge in [0.1, 0.15) is 18.3 Å². The van der Waals surface area contributed by atoms with Crippen LogP contribution in [0, 0.1) is 5.92 Å². The molecule has 7 nitrogen and oxygen atoms in total. The molecule has 4 rings (SSSR count). The van der Waals surface area contributed by atoms with Crippen LogP contribution in [0.15, 0.2) is 60.3 Å². The van der Waals surface area contributed by atoms with Crippen LogP contribution in [-0.2, 0) is 23.7 Å². The van der Waals surface area contributed by atoms with Gasteiger partial charge in [-0.05, 0) is 51.4 Å². The van der Waals surface area contributed by atoms with Gasteiger partial charge < -0.3 is 29.2 Å². The first-order valence-corrected chi connectivity index (χ1v) is 13.6. The number of fused-ring (bicyclic) bond motifs is 3. The normalized spacial score (nSPS) is 39.6. The molecule has 6 unspecified atom stereocenters. The van der Waals surface area contributed by atoms with E-state index >= 15 is 0 Å². The van der Waals surface area contributed by atoms with Crippen molar-refractivity contribution in [2.45, 2.75) is 108 Å². The number of esters is 1. The molecular formula is C30H42O7. The van der Waals surface area contributed by atoms with Gasteiger partial charge in [0.05, 0.1) is 37.1 Å². The first-order chi connectivity index (χ1) is 17.8. The molecule has 0 amide bonds. The second kappa shape index (κ2) is 13.2. The summed E-state index contributed by atoms with van der Waals surface area (Å²) >= 11 is 0. The predicted octanol–water partition coefficient (Wildman–Crippen LogP) is 4.11. The number of hydrogen-bond donors (Lipinski definition) is 2. The van der Waals surface area contributed by atoms with Crippen LogP contribution in [0.2, 0.25) is 0 Å². The summed E-state index contributed by atoms with van der Waals surface area (Å²) in [5.74, 6) is -0.144. The van der Waals surface area contributed by atoms with E-state index in [0.29, 0.717) is 25.4 Å². The molecular weight excluding hydrogens is 472 g/mol. The summed E-state index contributed by atoms with van der Waals surface area (Å²) in [6, 6.07) is 0. The Kier molecular flexibility index (Phi) is 9.96. The Bertz CT molecular complexity index is 919. The third-order valence-corrected chi connectivity index (χ3v) is 7.41. The lowest BCUT2D eigenvalue weighted by Crippen LogP contribution is -2.32. The number of aliphatic hydroxyl groups is 2. The quantitative estimate of drug-likeness (QED) is 0.332. The van der Waals surface area contributed by atoms with Gasteiger partial charge >= 0.3 is 5.97 Å². The van der Waals surface area contributed by atoms with Crippen molar-refractivity contribution in [3.63, 3.8) is 0 Å². The lowest BCUT2D eigenvalue weighted by atomic mass is 9.91. The fourth-order valence-corrected chi connectivity index (χ4v) is 5.42. The fraction of sp³-hybridized carbons (Fsp3) is 0.633. The standard InChI is InChI=1S/C30H42O7/c1-19-12-13-34-23(15-19)10-11-25(31)27-18-28-30(37-28)26(32)17-21(3)14-20(2)16-24-8-4-6-22(35-24)7-5-9-29(33)36-27/h4-6,9-11,15,20,22-28,30-32H,3,7-8,12-14,16-18H2,1-2H3/b9-5-,11-10+/t20?,22?,23?,24-,25?,26-,27?,28-,30?/m0/s1. The summed E-state index contributed by atoms with van der Waals surface area (Å²) in [5.41, 5.74) is 2.23. The number of ether oxygens (including phenoxy) is 4. The number of aliphatic hydroxyl groups excluding tert-OH is 2. The number of carbonyl (C=O) groups is 1. The van der Waals surface area contributed by atoms with Crippen molar-refractivity contribution < 1.29 is 34.0 Å². The summed E-state index contributed by atoms with van der Waals surface area (Å²) in [4.78, 5) is 12.6. The first kappa shape index (κ1) is 28.0. The summed E-state index contributed by atoms with van der Waals surface area (Å²) in [6.45, 7) is 9.07. The van der Waals surface area contributed by atoms with E-state index in [4.69, 9.17) is 18.9 Å². The zero-order valence-electron chi connectivity index (χ0n) is 22.0. The SMILES string of the molecule is C=C1CC(C)C[C@@H]2CC=CC(C/C=C\C(=O)OC(C(O)/C=C/C3C=C(C)CCO3)C[C@@H]3OC3[C@@H](O)C1)O2. The van der Waals surface area contributed by atoms with E-state index < -0.39 is 24.3 Å². The maximum absolute atomic E-state index is 12.6. The Morgan fingerprint density at radius 3 is 2.81 bits per heavy atom. The molecule has 1 fully saturated rings. The summed E-state index contributed by atoms with van der Waals surface area (Å²) in [7, 11) is 0. The molecule has 7 heteroatoms. The molecule has 2 N–H and O–H groups in total. The molecule has 4 aliphatic heterocycles. The molecule has 0 aromatic heterocycles. The summed E-state index contributed by atoms with van der Waals surface area (Å²) < 4.78 is 23.3. The molecule has 4 aliphatic rings. The van der Waals surface area contributed by atoms with Crippen LogP contribution in [0.1, 0.15) is 58.8 Å².